The Balaban J connectivity index is 1.45. The molecule has 6 rings (SSSR count). The van der Waals surface area contributed by atoms with E-state index in [4.69, 9.17) is 32.7 Å². The first-order valence-corrected chi connectivity index (χ1v) is 17.8. The molecular weight excluding hydrogens is 682 g/mol. The zero-order valence-electron chi connectivity index (χ0n) is 26.9. The highest BCUT2D eigenvalue weighted by Crippen LogP contribution is 2.57. The van der Waals surface area contributed by atoms with Crippen LogP contribution in [0.5, 0.6) is 5.75 Å². The molecular formula is C34H37Cl2FN4O6S. The smallest absolute Gasteiger partial charge is 0.243 e. The van der Waals surface area contributed by atoms with Gasteiger partial charge in [0.25, 0.3) is 0 Å². The van der Waals surface area contributed by atoms with E-state index < -0.39 is 51.1 Å². The van der Waals surface area contributed by atoms with Crippen LogP contribution in [0.4, 0.5) is 15.8 Å². The molecule has 0 saturated carbocycles. The van der Waals surface area contributed by atoms with Crippen molar-refractivity contribution in [2.75, 3.05) is 44.0 Å². The molecule has 14 heteroatoms. The molecule has 3 aliphatic heterocycles. The van der Waals surface area contributed by atoms with Crippen LogP contribution in [0.1, 0.15) is 44.2 Å². The van der Waals surface area contributed by atoms with E-state index in [-0.39, 0.29) is 45.4 Å². The molecule has 0 bridgehead atoms. The first kappa shape index (κ1) is 34.6. The first-order chi connectivity index (χ1) is 22.7. The summed E-state index contributed by atoms with van der Waals surface area (Å²) < 4.78 is 54.9. The van der Waals surface area contributed by atoms with Gasteiger partial charge in [-0.2, -0.15) is 4.31 Å². The van der Waals surface area contributed by atoms with Crippen LogP contribution < -0.4 is 20.7 Å². The maximum Gasteiger partial charge on any atom is 0.243 e. The second kappa shape index (κ2) is 12.9. The average molecular weight is 720 g/mol. The van der Waals surface area contributed by atoms with E-state index in [0.29, 0.717) is 35.9 Å². The van der Waals surface area contributed by atoms with Crippen LogP contribution in [0.25, 0.3) is 0 Å². The van der Waals surface area contributed by atoms with Crippen molar-refractivity contribution in [1.29, 1.82) is 0 Å². The molecule has 10 nitrogen and oxygen atoms in total. The number of methoxy groups -OCH3 is 1. The van der Waals surface area contributed by atoms with Crippen molar-refractivity contribution in [2.45, 2.75) is 55.5 Å². The molecule has 2 saturated heterocycles. The van der Waals surface area contributed by atoms with Crippen molar-refractivity contribution < 1.29 is 31.9 Å². The maximum atomic E-state index is 16.1. The predicted octanol–water partition coefficient (Wildman–Crippen LogP) is 5.55. The summed E-state index contributed by atoms with van der Waals surface area (Å²) >= 11 is 12.6. The van der Waals surface area contributed by atoms with Crippen LogP contribution in [0.3, 0.4) is 0 Å². The molecule has 0 radical (unpaired) electrons. The minimum atomic E-state index is -3.85. The fourth-order valence-corrected chi connectivity index (χ4v) is 9.01. The number of nitrogens with zero attached hydrogens (tertiary/aromatic N) is 1. The SMILES string of the molecule is COc1cc(S(=O)(=O)N2CCOCC2)ccc1NC(=O)C1NC(CC(C)(C)C)C2(C(=O)Nc3cc(Cl)ccc32)C1c1cccc(Cl)c1F. The van der Waals surface area contributed by atoms with E-state index >= 15 is 4.39 Å². The quantitative estimate of drug-likeness (QED) is 0.293. The lowest BCUT2D eigenvalue weighted by atomic mass is 9.62. The Labute approximate surface area is 289 Å². The van der Waals surface area contributed by atoms with Gasteiger partial charge in [-0.25, -0.2) is 12.8 Å². The van der Waals surface area contributed by atoms with Crippen molar-refractivity contribution in [1.82, 2.24) is 9.62 Å². The molecule has 3 N–H and O–H groups in total. The fraction of sp³-hybridized carbons (Fsp3) is 0.412. The number of hydrogen-bond donors (Lipinski definition) is 3. The average Bonchev–Trinajstić information content (AvgIpc) is 3.51. The van der Waals surface area contributed by atoms with Gasteiger partial charge in [-0.15, -0.1) is 0 Å². The minimum Gasteiger partial charge on any atom is -0.495 e. The summed E-state index contributed by atoms with van der Waals surface area (Å²) in [6.45, 7) is 7.10. The van der Waals surface area contributed by atoms with Gasteiger partial charge in [-0.3, -0.25) is 9.59 Å². The highest BCUT2D eigenvalue weighted by atomic mass is 35.5. The zero-order valence-corrected chi connectivity index (χ0v) is 29.2. The second-order valence-electron chi connectivity index (χ2n) is 13.5. The normalized spacial score (nSPS) is 24.4. The summed E-state index contributed by atoms with van der Waals surface area (Å²) in [7, 11) is -2.48. The summed E-state index contributed by atoms with van der Waals surface area (Å²) in [6, 6.07) is 12.1. The van der Waals surface area contributed by atoms with Crippen LogP contribution in [-0.2, 0) is 29.8 Å². The Kier molecular flexibility index (Phi) is 9.29. The monoisotopic (exact) mass is 718 g/mol. The summed E-state index contributed by atoms with van der Waals surface area (Å²) in [5.41, 5.74) is -0.362. The zero-order chi connectivity index (χ0) is 34.6. The number of fused-ring (bicyclic) bond motifs is 2. The molecule has 48 heavy (non-hydrogen) atoms. The third-order valence-corrected chi connectivity index (χ3v) is 11.7. The van der Waals surface area contributed by atoms with Gasteiger partial charge in [0, 0.05) is 41.8 Å². The molecule has 4 unspecified atom stereocenters. The number of sulfonamides is 1. The Morgan fingerprint density at radius 2 is 1.85 bits per heavy atom. The van der Waals surface area contributed by atoms with Crippen LogP contribution >= 0.6 is 23.2 Å². The van der Waals surface area contributed by atoms with Crippen LogP contribution in [0.15, 0.2) is 59.5 Å². The first-order valence-electron chi connectivity index (χ1n) is 15.6. The molecule has 3 heterocycles. The Morgan fingerprint density at radius 3 is 2.54 bits per heavy atom. The Bertz CT molecular complexity index is 1880. The lowest BCUT2D eigenvalue weighted by molar-refractivity contribution is -0.122. The number of morpholine rings is 1. The van der Waals surface area contributed by atoms with Crippen LogP contribution in [0, 0.1) is 11.2 Å². The van der Waals surface area contributed by atoms with E-state index in [2.05, 4.69) is 16.0 Å². The van der Waals surface area contributed by atoms with Crippen LogP contribution in [-0.4, -0.2) is 70.0 Å². The van der Waals surface area contributed by atoms with Crippen molar-refractivity contribution >= 4 is 56.4 Å². The third kappa shape index (κ3) is 5.96. The number of benzene rings is 3. The van der Waals surface area contributed by atoms with Crippen LogP contribution in [0.2, 0.25) is 10.0 Å². The molecule has 2 fully saturated rings. The number of ether oxygens (including phenoxy) is 2. The third-order valence-electron chi connectivity index (χ3n) is 9.26. The van der Waals surface area contributed by atoms with Gasteiger partial charge in [0.2, 0.25) is 21.8 Å². The molecule has 3 aromatic carbocycles. The Morgan fingerprint density at radius 1 is 1.12 bits per heavy atom. The standard InChI is InChI=1S/C34H37Cl2FN4O6S/c1-33(2,3)18-27-34(22-10-8-19(35)16-25(22)39-32(34)43)28(21-6-5-7-23(36)29(21)37)30(40-27)31(42)38-24-11-9-20(17-26(24)46-4)48(44,45)41-12-14-47-15-13-41/h5-11,16-17,27-28,30,40H,12-15,18H2,1-4H3,(H,38,42)(H,39,43). The number of halogens is 3. The molecule has 3 aromatic rings. The maximum absolute atomic E-state index is 16.1. The van der Waals surface area contributed by atoms with E-state index in [1.807, 2.05) is 20.8 Å². The molecule has 0 aliphatic carbocycles. The van der Waals surface area contributed by atoms with Gasteiger partial charge in [-0.05, 0) is 53.3 Å². The number of amides is 2. The molecule has 3 aliphatic rings. The van der Waals surface area contributed by atoms with Gasteiger partial charge < -0.3 is 25.4 Å². The number of hydrogen-bond acceptors (Lipinski definition) is 7. The summed E-state index contributed by atoms with van der Waals surface area (Å²) in [6.07, 6.45) is 0.447. The molecule has 1 spiro atoms. The number of anilines is 2. The Hall–Kier alpha value is -3.26. The molecule has 0 aromatic heterocycles. The number of nitrogens with one attached hydrogen (secondary N) is 3. The highest BCUT2D eigenvalue weighted by molar-refractivity contribution is 7.89. The van der Waals surface area contributed by atoms with Gasteiger partial charge in [0.15, 0.2) is 0 Å². The number of rotatable bonds is 7. The number of carbonyl (C=O) groups is 2. The van der Waals surface area contributed by atoms with E-state index in [0.717, 1.165) is 0 Å². The minimum absolute atomic E-state index is 0.000737. The largest absolute Gasteiger partial charge is 0.495 e. The van der Waals surface area contributed by atoms with Gasteiger partial charge >= 0.3 is 0 Å². The molecule has 4 atom stereocenters. The molecule has 256 valence electrons. The van der Waals surface area contributed by atoms with Crippen molar-refractivity contribution in [3.63, 3.8) is 0 Å². The van der Waals surface area contributed by atoms with Gasteiger partial charge in [0.05, 0.1) is 42.0 Å². The van der Waals surface area contributed by atoms with E-state index in [1.54, 1.807) is 30.3 Å². The van der Waals surface area contributed by atoms with Crippen molar-refractivity contribution in [3.8, 4) is 5.75 Å². The summed E-state index contributed by atoms with van der Waals surface area (Å²) in [4.78, 5) is 28.8. The van der Waals surface area contributed by atoms with E-state index in [9.17, 15) is 18.0 Å². The van der Waals surface area contributed by atoms with Crippen molar-refractivity contribution in [3.05, 3.63) is 81.6 Å². The van der Waals surface area contributed by atoms with Gasteiger partial charge in [-0.1, -0.05) is 62.2 Å². The topological polar surface area (TPSA) is 126 Å². The van der Waals surface area contributed by atoms with Gasteiger partial charge in [0.1, 0.15) is 17.0 Å². The fourth-order valence-electron chi connectivity index (χ4n) is 7.23. The van der Waals surface area contributed by atoms with Crippen molar-refractivity contribution in [2.24, 2.45) is 5.41 Å². The summed E-state index contributed by atoms with van der Waals surface area (Å²) in [5.74, 6) is -2.65. The number of carbonyl (C=O) groups excluding carboxylic acids is 2. The lowest BCUT2D eigenvalue weighted by Gasteiger charge is -2.37. The molecule has 2 amide bonds. The predicted molar refractivity (Wildman–Crippen MR) is 182 cm³/mol. The summed E-state index contributed by atoms with van der Waals surface area (Å²) in [5, 5.41) is 9.52. The second-order valence-corrected chi connectivity index (χ2v) is 16.2. The highest BCUT2D eigenvalue weighted by Gasteiger charge is 2.66. The lowest BCUT2D eigenvalue weighted by Crippen LogP contribution is -2.49. The van der Waals surface area contributed by atoms with E-state index in [1.165, 1.54) is 35.7 Å².